The maximum atomic E-state index is 11.8. The van der Waals surface area contributed by atoms with Crippen molar-refractivity contribution in [3.05, 3.63) is 29.8 Å². The average molecular weight is 254 g/mol. The zero-order chi connectivity index (χ0) is 12.5. The van der Waals surface area contributed by atoms with E-state index in [-0.39, 0.29) is 10.8 Å². The minimum atomic E-state index is -3.43. The predicted octanol–water partition coefficient (Wildman–Crippen LogP) is 0.441. The molecule has 0 atom stereocenters. The van der Waals surface area contributed by atoms with Gasteiger partial charge in [-0.05, 0) is 37.7 Å². The highest BCUT2D eigenvalue weighted by molar-refractivity contribution is 7.89. The SMILES string of the molecule is CNS(=O)(=O)c1ccc(C(=O)N2CCC2)cc1. The van der Waals surface area contributed by atoms with E-state index in [1.165, 1.54) is 19.2 Å². The molecule has 1 aliphatic heterocycles. The van der Waals surface area contributed by atoms with Gasteiger partial charge in [0.15, 0.2) is 0 Å². The third-order valence-corrected chi connectivity index (χ3v) is 4.25. The summed E-state index contributed by atoms with van der Waals surface area (Å²) in [6, 6.07) is 5.98. The minimum absolute atomic E-state index is 0.0374. The number of carbonyl (C=O) groups excluding carboxylic acids is 1. The zero-order valence-electron chi connectivity index (χ0n) is 9.51. The summed E-state index contributed by atoms with van der Waals surface area (Å²) in [5, 5.41) is 0. The quantitative estimate of drug-likeness (QED) is 0.851. The van der Waals surface area contributed by atoms with E-state index in [2.05, 4.69) is 4.72 Å². The van der Waals surface area contributed by atoms with E-state index >= 15 is 0 Å². The van der Waals surface area contributed by atoms with Crippen LogP contribution in [-0.4, -0.2) is 39.4 Å². The number of likely N-dealkylation sites (tertiary alicyclic amines) is 1. The monoisotopic (exact) mass is 254 g/mol. The van der Waals surface area contributed by atoms with Crippen molar-refractivity contribution >= 4 is 15.9 Å². The van der Waals surface area contributed by atoms with Gasteiger partial charge >= 0.3 is 0 Å². The Morgan fingerprint density at radius 2 is 1.82 bits per heavy atom. The van der Waals surface area contributed by atoms with Gasteiger partial charge in [0.25, 0.3) is 5.91 Å². The van der Waals surface area contributed by atoms with Crippen molar-refractivity contribution in [2.24, 2.45) is 0 Å². The third kappa shape index (κ3) is 2.32. The minimum Gasteiger partial charge on any atom is -0.339 e. The number of carbonyl (C=O) groups is 1. The molecule has 0 radical (unpaired) electrons. The van der Waals surface area contributed by atoms with Crippen LogP contribution >= 0.6 is 0 Å². The third-order valence-electron chi connectivity index (χ3n) is 2.82. The molecule has 92 valence electrons. The molecule has 0 saturated carbocycles. The highest BCUT2D eigenvalue weighted by atomic mass is 32.2. The van der Waals surface area contributed by atoms with Crippen LogP contribution in [0.5, 0.6) is 0 Å². The van der Waals surface area contributed by atoms with Crippen LogP contribution in [0.2, 0.25) is 0 Å². The molecule has 1 heterocycles. The molecule has 0 aromatic heterocycles. The number of rotatable bonds is 3. The molecule has 1 amide bonds. The molecule has 6 heteroatoms. The standard InChI is InChI=1S/C11H14N2O3S/c1-12-17(15,16)10-5-3-9(4-6-10)11(14)13-7-2-8-13/h3-6,12H,2,7-8H2,1H3. The highest BCUT2D eigenvalue weighted by Crippen LogP contribution is 2.15. The Bertz CT molecular complexity index is 518. The molecule has 1 aromatic rings. The van der Waals surface area contributed by atoms with Crippen molar-refractivity contribution in [1.82, 2.24) is 9.62 Å². The second-order valence-corrected chi connectivity index (χ2v) is 5.76. The number of nitrogens with one attached hydrogen (secondary N) is 1. The lowest BCUT2D eigenvalue weighted by molar-refractivity contribution is 0.0651. The maximum Gasteiger partial charge on any atom is 0.253 e. The summed E-state index contributed by atoms with van der Waals surface area (Å²) < 4.78 is 25.2. The van der Waals surface area contributed by atoms with Crippen molar-refractivity contribution in [3.8, 4) is 0 Å². The van der Waals surface area contributed by atoms with Gasteiger partial charge in [0.05, 0.1) is 4.90 Å². The maximum absolute atomic E-state index is 11.8. The molecule has 1 saturated heterocycles. The summed E-state index contributed by atoms with van der Waals surface area (Å²) in [4.78, 5) is 13.7. The smallest absolute Gasteiger partial charge is 0.253 e. The topological polar surface area (TPSA) is 66.5 Å². The number of hydrogen-bond donors (Lipinski definition) is 1. The van der Waals surface area contributed by atoms with Crippen molar-refractivity contribution in [1.29, 1.82) is 0 Å². The molecule has 1 aliphatic rings. The number of hydrogen-bond acceptors (Lipinski definition) is 3. The number of nitrogens with zero attached hydrogens (tertiary/aromatic N) is 1. The van der Waals surface area contributed by atoms with Gasteiger partial charge in [0, 0.05) is 18.7 Å². The summed E-state index contributed by atoms with van der Waals surface area (Å²) in [5.41, 5.74) is 0.528. The van der Waals surface area contributed by atoms with Gasteiger partial charge in [-0.2, -0.15) is 0 Å². The normalized spacial score (nSPS) is 15.5. The Kier molecular flexibility index (Phi) is 3.17. The highest BCUT2D eigenvalue weighted by Gasteiger charge is 2.21. The van der Waals surface area contributed by atoms with Crippen molar-refractivity contribution < 1.29 is 13.2 Å². The fourth-order valence-electron chi connectivity index (χ4n) is 1.60. The Balaban J connectivity index is 2.21. The van der Waals surface area contributed by atoms with Crippen LogP contribution in [0.4, 0.5) is 0 Å². The Morgan fingerprint density at radius 3 is 2.24 bits per heavy atom. The predicted molar refractivity (Wildman–Crippen MR) is 63.2 cm³/mol. The van der Waals surface area contributed by atoms with Gasteiger partial charge < -0.3 is 4.90 Å². The lowest BCUT2D eigenvalue weighted by Gasteiger charge is -2.30. The van der Waals surface area contributed by atoms with E-state index in [1.807, 2.05) is 0 Å². The van der Waals surface area contributed by atoms with Crippen LogP contribution in [0, 0.1) is 0 Å². The van der Waals surface area contributed by atoms with Crippen molar-refractivity contribution in [3.63, 3.8) is 0 Å². The molecular formula is C11H14N2O3S. The number of amides is 1. The van der Waals surface area contributed by atoms with Gasteiger partial charge in [-0.1, -0.05) is 0 Å². The molecule has 1 aromatic carbocycles. The second kappa shape index (κ2) is 4.46. The summed E-state index contributed by atoms with van der Waals surface area (Å²) in [6.45, 7) is 1.57. The second-order valence-electron chi connectivity index (χ2n) is 3.88. The molecule has 5 nitrogen and oxygen atoms in total. The van der Waals surface area contributed by atoms with Crippen LogP contribution in [0.15, 0.2) is 29.2 Å². The average Bonchev–Trinajstić information content (AvgIpc) is 2.27. The Morgan fingerprint density at radius 1 is 1.24 bits per heavy atom. The van der Waals surface area contributed by atoms with E-state index in [1.54, 1.807) is 17.0 Å². The van der Waals surface area contributed by atoms with Gasteiger partial charge in [-0.3, -0.25) is 4.79 Å². The van der Waals surface area contributed by atoms with Crippen molar-refractivity contribution in [2.75, 3.05) is 20.1 Å². The van der Waals surface area contributed by atoms with Gasteiger partial charge in [-0.15, -0.1) is 0 Å². The molecule has 2 rings (SSSR count). The van der Waals surface area contributed by atoms with Crippen LogP contribution < -0.4 is 4.72 Å². The molecule has 1 fully saturated rings. The Hall–Kier alpha value is -1.40. The summed E-state index contributed by atoms with van der Waals surface area (Å²) in [5.74, 6) is -0.0374. The van der Waals surface area contributed by atoms with E-state index in [4.69, 9.17) is 0 Å². The first-order chi connectivity index (χ1) is 8.04. The molecule has 0 unspecified atom stereocenters. The van der Waals surface area contributed by atoms with Gasteiger partial charge in [-0.25, -0.2) is 13.1 Å². The number of sulfonamides is 1. The Labute approximate surface area is 100 Å². The van der Waals surface area contributed by atoms with E-state index in [0.29, 0.717) is 5.56 Å². The van der Waals surface area contributed by atoms with Crippen molar-refractivity contribution in [2.45, 2.75) is 11.3 Å². The molecule has 17 heavy (non-hydrogen) atoms. The van der Waals surface area contributed by atoms with Crippen LogP contribution in [0.25, 0.3) is 0 Å². The fourth-order valence-corrected chi connectivity index (χ4v) is 2.33. The molecule has 0 spiro atoms. The van der Waals surface area contributed by atoms with Gasteiger partial charge in [0.1, 0.15) is 0 Å². The summed E-state index contributed by atoms with van der Waals surface area (Å²) in [6.07, 6.45) is 1.04. The summed E-state index contributed by atoms with van der Waals surface area (Å²) >= 11 is 0. The van der Waals surface area contributed by atoms with Gasteiger partial charge in [0.2, 0.25) is 10.0 Å². The van der Waals surface area contributed by atoms with Crippen LogP contribution in [0.1, 0.15) is 16.8 Å². The van der Waals surface area contributed by atoms with E-state index in [9.17, 15) is 13.2 Å². The molecule has 0 aliphatic carbocycles. The first kappa shape index (κ1) is 12.1. The van der Waals surface area contributed by atoms with Crippen LogP contribution in [-0.2, 0) is 10.0 Å². The first-order valence-electron chi connectivity index (χ1n) is 5.37. The molecule has 1 N–H and O–H groups in total. The van der Waals surface area contributed by atoms with Crippen LogP contribution in [0.3, 0.4) is 0 Å². The first-order valence-corrected chi connectivity index (χ1v) is 6.86. The summed E-state index contributed by atoms with van der Waals surface area (Å²) in [7, 11) is -2.07. The molecular weight excluding hydrogens is 240 g/mol. The van der Waals surface area contributed by atoms with E-state index < -0.39 is 10.0 Å². The number of benzene rings is 1. The van der Waals surface area contributed by atoms with E-state index in [0.717, 1.165) is 19.5 Å². The molecule has 0 bridgehead atoms. The largest absolute Gasteiger partial charge is 0.339 e. The zero-order valence-corrected chi connectivity index (χ0v) is 10.3. The lowest BCUT2D eigenvalue weighted by Crippen LogP contribution is -2.42. The fraction of sp³-hybridized carbons (Fsp3) is 0.364. The lowest BCUT2D eigenvalue weighted by atomic mass is 10.1.